The van der Waals surface area contributed by atoms with E-state index in [1.54, 1.807) is 12.2 Å². The fourth-order valence-corrected chi connectivity index (χ4v) is 2.73. The Bertz CT molecular complexity index is 849. The van der Waals surface area contributed by atoms with Crippen molar-refractivity contribution in [3.63, 3.8) is 0 Å². The number of Topliss-reactive ketones (excluding diaryl/α,β-unsaturated/α-hetero) is 1. The van der Waals surface area contributed by atoms with Crippen molar-refractivity contribution in [2.24, 2.45) is 0 Å². The van der Waals surface area contributed by atoms with Crippen LogP contribution in [0, 0.1) is 25.2 Å². The molecule has 0 amide bonds. The monoisotopic (exact) mass is 334 g/mol. The van der Waals surface area contributed by atoms with E-state index in [1.807, 2.05) is 61.7 Å². The number of nitriles is 1. The third kappa shape index (κ3) is 4.07. The Labute approximate surface area is 148 Å². The molecule has 1 aromatic heterocycles. The van der Waals surface area contributed by atoms with Crippen molar-refractivity contribution in [3.8, 4) is 11.8 Å². The van der Waals surface area contributed by atoms with E-state index in [4.69, 9.17) is 4.74 Å². The van der Waals surface area contributed by atoms with Crippen LogP contribution < -0.4 is 4.74 Å². The second-order valence-electron chi connectivity index (χ2n) is 5.69. The molecule has 0 saturated heterocycles. The number of rotatable bonds is 7. The van der Waals surface area contributed by atoms with Gasteiger partial charge in [-0.05, 0) is 50.6 Å². The highest BCUT2D eigenvalue weighted by molar-refractivity contribution is 6.14. The van der Waals surface area contributed by atoms with Crippen LogP contribution >= 0.6 is 0 Å². The predicted molar refractivity (Wildman–Crippen MR) is 99.6 cm³/mol. The van der Waals surface area contributed by atoms with Gasteiger partial charge in [-0.15, -0.1) is 6.58 Å². The van der Waals surface area contributed by atoms with Gasteiger partial charge >= 0.3 is 0 Å². The van der Waals surface area contributed by atoms with Gasteiger partial charge in [-0.2, -0.15) is 5.26 Å². The Hall–Kier alpha value is -3.06. The lowest BCUT2D eigenvalue weighted by Crippen LogP contribution is -2.05. The normalized spacial score (nSPS) is 11.0. The summed E-state index contributed by atoms with van der Waals surface area (Å²) in [6.45, 7) is 10.7. The fourth-order valence-electron chi connectivity index (χ4n) is 2.73. The van der Waals surface area contributed by atoms with Crippen molar-refractivity contribution in [1.29, 1.82) is 5.26 Å². The van der Waals surface area contributed by atoms with E-state index >= 15 is 0 Å². The first-order chi connectivity index (χ1) is 12.0. The van der Waals surface area contributed by atoms with Crippen molar-refractivity contribution in [1.82, 2.24) is 4.57 Å². The molecule has 128 valence electrons. The lowest BCUT2D eigenvalue weighted by Gasteiger charge is -2.06. The SMILES string of the molecule is C=CCn1c(C)cc(C(=O)/C(C#N)=C/c2ccc(OCC)cc2)c1C. The van der Waals surface area contributed by atoms with E-state index < -0.39 is 0 Å². The van der Waals surface area contributed by atoms with Crippen molar-refractivity contribution in [2.45, 2.75) is 27.3 Å². The lowest BCUT2D eigenvalue weighted by atomic mass is 10.0. The van der Waals surface area contributed by atoms with Gasteiger partial charge in [0.2, 0.25) is 5.78 Å². The van der Waals surface area contributed by atoms with E-state index in [0.29, 0.717) is 18.7 Å². The molecule has 4 nitrogen and oxygen atoms in total. The highest BCUT2D eigenvalue weighted by atomic mass is 16.5. The molecule has 0 aliphatic rings. The number of nitrogens with zero attached hydrogens (tertiary/aromatic N) is 2. The lowest BCUT2D eigenvalue weighted by molar-refractivity contribution is 0.103. The zero-order chi connectivity index (χ0) is 18.4. The molecule has 0 aliphatic heterocycles. The van der Waals surface area contributed by atoms with Gasteiger partial charge in [0.15, 0.2) is 0 Å². The van der Waals surface area contributed by atoms with Crippen LogP contribution in [0.25, 0.3) is 6.08 Å². The van der Waals surface area contributed by atoms with Crippen LogP contribution in [0.3, 0.4) is 0 Å². The molecule has 4 heteroatoms. The number of ether oxygens (including phenoxy) is 1. The first-order valence-electron chi connectivity index (χ1n) is 8.18. The molecule has 0 radical (unpaired) electrons. The first kappa shape index (κ1) is 18.3. The number of hydrogen-bond acceptors (Lipinski definition) is 3. The summed E-state index contributed by atoms with van der Waals surface area (Å²) < 4.78 is 7.41. The maximum absolute atomic E-state index is 12.8. The van der Waals surface area contributed by atoms with Crippen LogP contribution in [-0.4, -0.2) is 17.0 Å². The van der Waals surface area contributed by atoms with Gasteiger partial charge in [0.1, 0.15) is 17.4 Å². The second-order valence-corrected chi connectivity index (χ2v) is 5.69. The molecule has 0 N–H and O–H groups in total. The Morgan fingerprint density at radius 1 is 1.32 bits per heavy atom. The van der Waals surface area contributed by atoms with Gasteiger partial charge in [0.25, 0.3) is 0 Å². The molecule has 0 saturated carbocycles. The number of ketones is 1. The van der Waals surface area contributed by atoms with Crippen molar-refractivity contribution < 1.29 is 9.53 Å². The Morgan fingerprint density at radius 2 is 2.00 bits per heavy atom. The zero-order valence-corrected chi connectivity index (χ0v) is 14.9. The Kier molecular flexibility index (Phi) is 5.97. The topological polar surface area (TPSA) is 55.0 Å². The fraction of sp³-hybridized carbons (Fsp3) is 0.238. The van der Waals surface area contributed by atoms with Gasteiger partial charge in [-0.3, -0.25) is 4.79 Å². The number of benzene rings is 1. The molecule has 0 spiro atoms. The summed E-state index contributed by atoms with van der Waals surface area (Å²) in [5, 5.41) is 9.44. The molecule has 0 bridgehead atoms. The van der Waals surface area contributed by atoms with E-state index in [0.717, 1.165) is 22.7 Å². The number of allylic oxidation sites excluding steroid dienone is 2. The minimum absolute atomic E-state index is 0.114. The molecule has 0 fully saturated rings. The third-order valence-corrected chi connectivity index (χ3v) is 4.00. The Morgan fingerprint density at radius 3 is 2.56 bits per heavy atom. The molecule has 1 heterocycles. The molecule has 0 unspecified atom stereocenters. The minimum atomic E-state index is -0.264. The predicted octanol–water partition coefficient (Wildman–Crippen LogP) is 4.48. The van der Waals surface area contributed by atoms with Gasteiger partial charge in [-0.25, -0.2) is 0 Å². The average molecular weight is 334 g/mol. The van der Waals surface area contributed by atoms with Gasteiger partial charge in [0, 0.05) is 23.5 Å². The summed E-state index contributed by atoms with van der Waals surface area (Å²) in [5.74, 6) is 0.497. The summed E-state index contributed by atoms with van der Waals surface area (Å²) in [7, 11) is 0. The number of aromatic nitrogens is 1. The summed E-state index contributed by atoms with van der Waals surface area (Å²) in [4.78, 5) is 12.8. The zero-order valence-electron chi connectivity index (χ0n) is 14.9. The van der Waals surface area contributed by atoms with Crippen LogP contribution in [0.5, 0.6) is 5.75 Å². The maximum atomic E-state index is 12.8. The average Bonchev–Trinajstić information content (AvgIpc) is 2.89. The molecular formula is C21H22N2O2. The molecule has 0 aliphatic carbocycles. The van der Waals surface area contributed by atoms with Crippen molar-refractivity contribution in [3.05, 3.63) is 71.1 Å². The summed E-state index contributed by atoms with van der Waals surface area (Å²) in [6, 6.07) is 11.2. The molecule has 25 heavy (non-hydrogen) atoms. The number of carbonyl (C=O) groups is 1. The van der Waals surface area contributed by atoms with Crippen LogP contribution in [0.2, 0.25) is 0 Å². The van der Waals surface area contributed by atoms with Gasteiger partial charge in [0.05, 0.1) is 6.61 Å². The number of aryl methyl sites for hydroxylation is 1. The number of carbonyl (C=O) groups excluding carboxylic acids is 1. The molecule has 1 aromatic carbocycles. The maximum Gasteiger partial charge on any atom is 0.205 e. The first-order valence-corrected chi connectivity index (χ1v) is 8.18. The smallest absolute Gasteiger partial charge is 0.205 e. The van der Waals surface area contributed by atoms with Crippen LogP contribution in [0.1, 0.15) is 34.2 Å². The largest absolute Gasteiger partial charge is 0.494 e. The van der Waals surface area contributed by atoms with Gasteiger partial charge in [-0.1, -0.05) is 18.2 Å². The van der Waals surface area contributed by atoms with Crippen molar-refractivity contribution in [2.75, 3.05) is 6.61 Å². The minimum Gasteiger partial charge on any atom is -0.494 e. The molecule has 2 rings (SSSR count). The molecule has 0 atom stereocenters. The highest BCUT2D eigenvalue weighted by Crippen LogP contribution is 2.21. The number of hydrogen-bond donors (Lipinski definition) is 0. The summed E-state index contributed by atoms with van der Waals surface area (Å²) >= 11 is 0. The Balaban J connectivity index is 2.34. The molecular weight excluding hydrogens is 312 g/mol. The van der Waals surface area contributed by atoms with Crippen molar-refractivity contribution >= 4 is 11.9 Å². The van der Waals surface area contributed by atoms with Gasteiger partial charge < -0.3 is 9.30 Å². The van der Waals surface area contributed by atoms with Crippen LogP contribution in [-0.2, 0) is 6.54 Å². The summed E-state index contributed by atoms with van der Waals surface area (Å²) in [5.41, 5.74) is 3.27. The van der Waals surface area contributed by atoms with E-state index in [-0.39, 0.29) is 11.4 Å². The third-order valence-electron chi connectivity index (χ3n) is 4.00. The van der Waals surface area contributed by atoms with E-state index in [1.165, 1.54) is 0 Å². The standard InChI is InChI=1S/C21H22N2O2/c1-5-11-23-15(3)12-20(16(23)4)21(24)18(14-22)13-17-7-9-19(10-8-17)25-6-2/h5,7-10,12-13H,1,6,11H2,2-4H3/b18-13+. The van der Waals surface area contributed by atoms with E-state index in [9.17, 15) is 10.1 Å². The second kappa shape index (κ2) is 8.16. The van der Waals surface area contributed by atoms with Crippen LogP contribution in [0.4, 0.5) is 0 Å². The highest BCUT2D eigenvalue weighted by Gasteiger charge is 2.18. The quantitative estimate of drug-likeness (QED) is 0.325. The molecule has 2 aromatic rings. The van der Waals surface area contributed by atoms with Crippen LogP contribution in [0.15, 0.2) is 48.6 Å². The van der Waals surface area contributed by atoms with E-state index in [2.05, 4.69) is 6.58 Å². The summed E-state index contributed by atoms with van der Waals surface area (Å²) in [6.07, 6.45) is 3.40.